The highest BCUT2D eigenvalue weighted by Gasteiger charge is 2.28. The van der Waals surface area contributed by atoms with Crippen molar-refractivity contribution in [2.45, 2.75) is 19.3 Å². The topological polar surface area (TPSA) is 46.3 Å². The van der Waals surface area contributed by atoms with Gasteiger partial charge < -0.3 is 10.6 Å². The molecule has 0 spiro atoms. The number of rotatable bonds is 3. The van der Waals surface area contributed by atoms with Gasteiger partial charge in [0.2, 0.25) is 5.91 Å². The van der Waals surface area contributed by atoms with Gasteiger partial charge in [-0.15, -0.1) is 0 Å². The summed E-state index contributed by atoms with van der Waals surface area (Å²) in [6.45, 7) is 0.258. The van der Waals surface area contributed by atoms with E-state index in [1.807, 2.05) is 0 Å². The highest BCUT2D eigenvalue weighted by Crippen LogP contribution is 2.17. The summed E-state index contributed by atoms with van der Waals surface area (Å²) in [4.78, 5) is 12.6. The lowest BCUT2D eigenvalue weighted by Gasteiger charge is -2.31. The van der Waals surface area contributed by atoms with Crippen LogP contribution in [-0.2, 0) is 4.79 Å². The molecule has 5 heteroatoms. The van der Waals surface area contributed by atoms with E-state index in [9.17, 15) is 13.6 Å². The van der Waals surface area contributed by atoms with E-state index in [4.69, 9.17) is 5.73 Å². The Kier molecular flexibility index (Phi) is 3.59. The molecule has 0 aromatic rings. The third-order valence-corrected chi connectivity index (χ3v) is 2.28. The van der Waals surface area contributed by atoms with Gasteiger partial charge in [0.25, 0.3) is 6.43 Å². The lowest BCUT2D eigenvalue weighted by atomic mass is 9.97. The van der Waals surface area contributed by atoms with Gasteiger partial charge in [-0.2, -0.15) is 0 Å². The van der Waals surface area contributed by atoms with Crippen LogP contribution in [0.15, 0.2) is 0 Å². The number of halogens is 2. The summed E-state index contributed by atoms with van der Waals surface area (Å²) in [5.41, 5.74) is 5.35. The second-order valence-corrected chi connectivity index (χ2v) is 3.25. The van der Waals surface area contributed by atoms with Gasteiger partial charge in [0.05, 0.1) is 12.5 Å². The molecule has 0 aromatic carbocycles. The van der Waals surface area contributed by atoms with Crippen LogP contribution in [0, 0.1) is 5.92 Å². The fourth-order valence-corrected chi connectivity index (χ4v) is 1.59. The molecule has 3 nitrogen and oxygen atoms in total. The molecule has 1 rings (SSSR count). The van der Waals surface area contributed by atoms with E-state index in [0.29, 0.717) is 6.54 Å². The van der Waals surface area contributed by atoms with Crippen molar-refractivity contribution >= 4 is 5.91 Å². The van der Waals surface area contributed by atoms with Gasteiger partial charge >= 0.3 is 0 Å². The lowest BCUT2D eigenvalue weighted by molar-refractivity contribution is -0.140. The average molecular weight is 192 g/mol. The van der Waals surface area contributed by atoms with E-state index in [1.165, 1.54) is 4.90 Å². The quantitative estimate of drug-likeness (QED) is 0.705. The molecule has 13 heavy (non-hydrogen) atoms. The molecular weight excluding hydrogens is 178 g/mol. The summed E-state index contributed by atoms with van der Waals surface area (Å²) in [7, 11) is 0. The Morgan fingerprint density at radius 1 is 1.62 bits per heavy atom. The number of alkyl halides is 2. The Labute approximate surface area is 75.9 Å². The molecule has 1 heterocycles. The van der Waals surface area contributed by atoms with Crippen LogP contribution in [0.4, 0.5) is 8.78 Å². The van der Waals surface area contributed by atoms with E-state index >= 15 is 0 Å². The Balaban J connectivity index is 2.50. The molecular formula is C8H14F2N2O. The minimum absolute atomic E-state index is 0.214. The number of likely N-dealkylation sites (tertiary alicyclic amines) is 1. The molecule has 1 fully saturated rings. The van der Waals surface area contributed by atoms with Crippen molar-refractivity contribution in [3.05, 3.63) is 0 Å². The Morgan fingerprint density at radius 3 is 2.85 bits per heavy atom. The maximum absolute atomic E-state index is 12.0. The van der Waals surface area contributed by atoms with Gasteiger partial charge in [-0.05, 0) is 12.8 Å². The summed E-state index contributed by atoms with van der Waals surface area (Å²) in [5, 5.41) is 0. The van der Waals surface area contributed by atoms with Crippen LogP contribution in [0.25, 0.3) is 0 Å². The summed E-state index contributed by atoms with van der Waals surface area (Å²) < 4.78 is 24.0. The average Bonchev–Trinajstić information content (AvgIpc) is 2.08. The Hall–Kier alpha value is -0.710. The lowest BCUT2D eigenvalue weighted by Crippen LogP contribution is -2.45. The third-order valence-electron chi connectivity index (χ3n) is 2.28. The first-order valence-electron chi connectivity index (χ1n) is 4.42. The minimum atomic E-state index is -2.44. The molecule has 1 aliphatic heterocycles. The highest BCUT2D eigenvalue weighted by atomic mass is 19.3. The number of amides is 1. The van der Waals surface area contributed by atoms with Crippen molar-refractivity contribution in [3.63, 3.8) is 0 Å². The van der Waals surface area contributed by atoms with Crippen LogP contribution >= 0.6 is 0 Å². The van der Waals surface area contributed by atoms with E-state index in [1.54, 1.807) is 0 Å². The fraction of sp³-hybridized carbons (Fsp3) is 0.875. The molecule has 2 N–H and O–H groups in total. The molecule has 76 valence electrons. The SMILES string of the molecule is NCC1CCCN(CC(F)F)C1=O. The van der Waals surface area contributed by atoms with Crippen molar-refractivity contribution in [1.29, 1.82) is 0 Å². The molecule has 1 amide bonds. The van der Waals surface area contributed by atoms with Crippen LogP contribution in [0.1, 0.15) is 12.8 Å². The van der Waals surface area contributed by atoms with Crippen molar-refractivity contribution in [2.75, 3.05) is 19.6 Å². The number of nitrogens with two attached hydrogens (primary N) is 1. The molecule has 0 saturated carbocycles. The summed E-state index contributed by atoms with van der Waals surface area (Å²) in [6, 6.07) is 0. The molecule has 0 aromatic heterocycles. The fourth-order valence-electron chi connectivity index (χ4n) is 1.59. The molecule has 1 unspecified atom stereocenters. The maximum atomic E-state index is 12.0. The first-order valence-corrected chi connectivity index (χ1v) is 4.42. The number of carbonyl (C=O) groups excluding carboxylic acids is 1. The Bertz CT molecular complexity index is 187. The van der Waals surface area contributed by atoms with E-state index in [2.05, 4.69) is 0 Å². The van der Waals surface area contributed by atoms with Gasteiger partial charge in [-0.25, -0.2) is 8.78 Å². The standard InChI is InChI=1S/C8H14F2N2O/c9-7(10)5-12-3-1-2-6(4-11)8(12)13/h6-7H,1-5,11H2. The first kappa shape index (κ1) is 10.4. The van der Waals surface area contributed by atoms with Gasteiger partial charge in [-0.1, -0.05) is 0 Å². The third kappa shape index (κ3) is 2.62. The smallest absolute Gasteiger partial charge is 0.255 e. The van der Waals surface area contributed by atoms with Gasteiger partial charge in [0.15, 0.2) is 0 Å². The van der Waals surface area contributed by atoms with E-state index in [-0.39, 0.29) is 18.4 Å². The van der Waals surface area contributed by atoms with Gasteiger partial charge in [-0.3, -0.25) is 4.79 Å². The zero-order valence-corrected chi connectivity index (χ0v) is 7.38. The molecule has 1 atom stereocenters. The highest BCUT2D eigenvalue weighted by molar-refractivity contribution is 5.79. The molecule has 0 radical (unpaired) electrons. The van der Waals surface area contributed by atoms with Gasteiger partial charge in [0.1, 0.15) is 0 Å². The van der Waals surface area contributed by atoms with E-state index in [0.717, 1.165) is 12.8 Å². The van der Waals surface area contributed by atoms with Gasteiger partial charge in [0, 0.05) is 13.1 Å². The van der Waals surface area contributed by atoms with Crippen LogP contribution in [0.5, 0.6) is 0 Å². The largest absolute Gasteiger partial charge is 0.337 e. The van der Waals surface area contributed by atoms with Crippen molar-refractivity contribution in [3.8, 4) is 0 Å². The number of hydrogen-bond acceptors (Lipinski definition) is 2. The first-order chi connectivity index (χ1) is 6.15. The molecule has 1 saturated heterocycles. The predicted molar refractivity (Wildman–Crippen MR) is 44.4 cm³/mol. The molecule has 0 aliphatic carbocycles. The van der Waals surface area contributed by atoms with Crippen molar-refractivity contribution in [1.82, 2.24) is 4.90 Å². The molecule has 0 bridgehead atoms. The summed E-state index contributed by atoms with van der Waals surface area (Å²) >= 11 is 0. The second-order valence-electron chi connectivity index (χ2n) is 3.25. The van der Waals surface area contributed by atoms with Crippen LogP contribution in [0.2, 0.25) is 0 Å². The number of piperidine rings is 1. The predicted octanol–water partition coefficient (Wildman–Crippen LogP) is 0.449. The maximum Gasteiger partial charge on any atom is 0.255 e. The number of hydrogen-bond donors (Lipinski definition) is 1. The van der Waals surface area contributed by atoms with Crippen LogP contribution in [-0.4, -0.2) is 36.9 Å². The Morgan fingerprint density at radius 2 is 2.31 bits per heavy atom. The number of nitrogens with zero attached hydrogens (tertiary/aromatic N) is 1. The zero-order chi connectivity index (χ0) is 9.84. The van der Waals surface area contributed by atoms with Crippen molar-refractivity contribution < 1.29 is 13.6 Å². The monoisotopic (exact) mass is 192 g/mol. The van der Waals surface area contributed by atoms with E-state index < -0.39 is 13.0 Å². The zero-order valence-electron chi connectivity index (χ0n) is 7.38. The normalized spacial score (nSPS) is 24.2. The summed E-state index contributed by atoms with van der Waals surface area (Å²) in [6.07, 6.45) is -0.935. The van der Waals surface area contributed by atoms with Crippen LogP contribution in [0.3, 0.4) is 0 Å². The minimum Gasteiger partial charge on any atom is -0.337 e. The molecule has 1 aliphatic rings. The second kappa shape index (κ2) is 4.50. The number of carbonyl (C=O) groups is 1. The van der Waals surface area contributed by atoms with Crippen LogP contribution < -0.4 is 5.73 Å². The summed E-state index contributed by atoms with van der Waals surface area (Å²) in [5.74, 6) is -0.457. The van der Waals surface area contributed by atoms with Crippen molar-refractivity contribution in [2.24, 2.45) is 11.7 Å².